The average Bonchev–Trinajstić information content (AvgIpc) is 2.36. The van der Waals surface area contributed by atoms with Gasteiger partial charge in [0.2, 0.25) is 0 Å². The highest BCUT2D eigenvalue weighted by atomic mass is 16.5. The summed E-state index contributed by atoms with van der Waals surface area (Å²) < 4.78 is 5.51. The molecule has 2 aromatic rings. The van der Waals surface area contributed by atoms with E-state index in [-0.39, 0.29) is 0 Å². The number of rotatable bonds is 5. The summed E-state index contributed by atoms with van der Waals surface area (Å²) in [5, 5.41) is 3.20. The van der Waals surface area contributed by atoms with E-state index in [4.69, 9.17) is 4.74 Å². The van der Waals surface area contributed by atoms with E-state index in [2.05, 4.69) is 15.3 Å². The van der Waals surface area contributed by atoms with Crippen molar-refractivity contribution in [2.24, 2.45) is 0 Å². The van der Waals surface area contributed by atoms with Gasteiger partial charge in [0, 0.05) is 11.9 Å². The van der Waals surface area contributed by atoms with Crippen molar-refractivity contribution in [3.8, 4) is 5.75 Å². The minimum atomic E-state index is 0.585. The molecule has 2 rings (SSSR count). The standard InChI is InChI=1S/C13H15N3O/c1-11-4-2-6-13(16-11)15-8-9-17-12-5-3-7-14-10-12/h2-7,10H,8-9H2,1H3,(H,15,16). The summed E-state index contributed by atoms with van der Waals surface area (Å²) in [6.07, 6.45) is 3.42. The normalized spacial score (nSPS) is 9.94. The molecule has 0 aliphatic rings. The Morgan fingerprint density at radius 3 is 2.94 bits per heavy atom. The van der Waals surface area contributed by atoms with Crippen LogP contribution in [0.2, 0.25) is 0 Å². The SMILES string of the molecule is Cc1cccc(NCCOc2cccnc2)n1. The quantitative estimate of drug-likeness (QED) is 0.799. The van der Waals surface area contributed by atoms with E-state index in [0.29, 0.717) is 13.2 Å². The molecule has 88 valence electrons. The van der Waals surface area contributed by atoms with Crippen LogP contribution in [0, 0.1) is 6.92 Å². The smallest absolute Gasteiger partial charge is 0.137 e. The average molecular weight is 229 g/mol. The van der Waals surface area contributed by atoms with Crippen molar-refractivity contribution >= 4 is 5.82 Å². The summed E-state index contributed by atoms with van der Waals surface area (Å²) in [7, 11) is 0. The minimum Gasteiger partial charge on any atom is -0.490 e. The molecule has 17 heavy (non-hydrogen) atoms. The molecule has 0 amide bonds. The molecule has 0 atom stereocenters. The van der Waals surface area contributed by atoms with E-state index < -0.39 is 0 Å². The first kappa shape index (κ1) is 11.4. The maximum atomic E-state index is 5.51. The Kier molecular flexibility index (Phi) is 3.91. The van der Waals surface area contributed by atoms with E-state index in [9.17, 15) is 0 Å². The lowest BCUT2D eigenvalue weighted by molar-refractivity contribution is 0.331. The number of nitrogens with zero attached hydrogens (tertiary/aromatic N) is 2. The largest absolute Gasteiger partial charge is 0.490 e. The van der Waals surface area contributed by atoms with Crippen LogP contribution in [0.15, 0.2) is 42.7 Å². The van der Waals surface area contributed by atoms with Gasteiger partial charge in [0.25, 0.3) is 0 Å². The number of hydrogen-bond donors (Lipinski definition) is 1. The van der Waals surface area contributed by atoms with Gasteiger partial charge in [-0.05, 0) is 31.2 Å². The van der Waals surface area contributed by atoms with E-state index in [0.717, 1.165) is 17.3 Å². The summed E-state index contributed by atoms with van der Waals surface area (Å²) in [4.78, 5) is 8.31. The van der Waals surface area contributed by atoms with Crippen molar-refractivity contribution in [2.45, 2.75) is 6.92 Å². The van der Waals surface area contributed by atoms with E-state index >= 15 is 0 Å². The molecule has 1 N–H and O–H groups in total. The van der Waals surface area contributed by atoms with Crippen molar-refractivity contribution in [1.29, 1.82) is 0 Å². The zero-order valence-electron chi connectivity index (χ0n) is 9.76. The Morgan fingerprint density at radius 2 is 2.18 bits per heavy atom. The number of aromatic nitrogens is 2. The number of hydrogen-bond acceptors (Lipinski definition) is 4. The van der Waals surface area contributed by atoms with Crippen molar-refractivity contribution in [2.75, 3.05) is 18.5 Å². The number of nitrogens with one attached hydrogen (secondary N) is 1. The fraction of sp³-hybridized carbons (Fsp3) is 0.231. The van der Waals surface area contributed by atoms with Crippen LogP contribution < -0.4 is 10.1 Å². The third-order valence-electron chi connectivity index (χ3n) is 2.20. The third kappa shape index (κ3) is 3.75. The maximum absolute atomic E-state index is 5.51. The number of ether oxygens (including phenoxy) is 1. The van der Waals surface area contributed by atoms with Gasteiger partial charge in [0.1, 0.15) is 18.2 Å². The van der Waals surface area contributed by atoms with Crippen LogP contribution in [0.5, 0.6) is 5.75 Å². The lowest BCUT2D eigenvalue weighted by Gasteiger charge is -2.07. The predicted molar refractivity (Wildman–Crippen MR) is 67.2 cm³/mol. The van der Waals surface area contributed by atoms with Gasteiger partial charge in [0.05, 0.1) is 12.7 Å². The highest BCUT2D eigenvalue weighted by Crippen LogP contribution is 2.06. The molecule has 0 fully saturated rings. The first-order chi connectivity index (χ1) is 8.34. The fourth-order valence-electron chi connectivity index (χ4n) is 1.42. The van der Waals surface area contributed by atoms with Crippen molar-refractivity contribution in [3.05, 3.63) is 48.4 Å². The third-order valence-corrected chi connectivity index (χ3v) is 2.20. The van der Waals surface area contributed by atoms with Gasteiger partial charge < -0.3 is 10.1 Å². The number of pyridine rings is 2. The number of anilines is 1. The maximum Gasteiger partial charge on any atom is 0.137 e. The van der Waals surface area contributed by atoms with Crippen LogP contribution in [-0.2, 0) is 0 Å². The summed E-state index contributed by atoms with van der Waals surface area (Å²) in [5.41, 5.74) is 1.00. The first-order valence-electron chi connectivity index (χ1n) is 5.55. The van der Waals surface area contributed by atoms with Gasteiger partial charge in [-0.25, -0.2) is 4.98 Å². The molecule has 0 spiro atoms. The van der Waals surface area contributed by atoms with Crippen LogP contribution in [0.3, 0.4) is 0 Å². The first-order valence-corrected chi connectivity index (χ1v) is 5.55. The van der Waals surface area contributed by atoms with Gasteiger partial charge in [-0.1, -0.05) is 6.07 Å². The highest BCUT2D eigenvalue weighted by molar-refractivity contribution is 5.34. The molecule has 4 nitrogen and oxygen atoms in total. The van der Waals surface area contributed by atoms with Gasteiger partial charge in [-0.3, -0.25) is 4.98 Å². The summed E-state index contributed by atoms with van der Waals surface area (Å²) in [6.45, 7) is 3.27. The molecule has 0 saturated heterocycles. The Hall–Kier alpha value is -2.10. The fourth-order valence-corrected chi connectivity index (χ4v) is 1.42. The predicted octanol–water partition coefficient (Wildman–Crippen LogP) is 2.28. The zero-order chi connectivity index (χ0) is 11.9. The Morgan fingerprint density at radius 1 is 1.24 bits per heavy atom. The second-order valence-electron chi connectivity index (χ2n) is 3.63. The van der Waals surface area contributed by atoms with Gasteiger partial charge in [-0.15, -0.1) is 0 Å². The second-order valence-corrected chi connectivity index (χ2v) is 3.63. The molecular weight excluding hydrogens is 214 g/mol. The molecule has 0 aliphatic heterocycles. The van der Waals surface area contributed by atoms with Crippen LogP contribution >= 0.6 is 0 Å². The van der Waals surface area contributed by atoms with E-state index in [1.54, 1.807) is 12.4 Å². The highest BCUT2D eigenvalue weighted by Gasteiger charge is 1.94. The van der Waals surface area contributed by atoms with Gasteiger partial charge >= 0.3 is 0 Å². The molecule has 2 aromatic heterocycles. The van der Waals surface area contributed by atoms with Crippen molar-refractivity contribution in [3.63, 3.8) is 0 Å². The molecule has 0 radical (unpaired) electrons. The van der Waals surface area contributed by atoms with Crippen LogP contribution in [0.4, 0.5) is 5.82 Å². The zero-order valence-corrected chi connectivity index (χ0v) is 9.76. The lowest BCUT2D eigenvalue weighted by Crippen LogP contribution is -2.12. The summed E-state index contributed by atoms with van der Waals surface area (Å²) in [6, 6.07) is 9.63. The molecule has 0 aliphatic carbocycles. The molecule has 0 bridgehead atoms. The Bertz CT molecular complexity index is 459. The molecule has 0 saturated carbocycles. The molecule has 0 aromatic carbocycles. The topological polar surface area (TPSA) is 47.0 Å². The van der Waals surface area contributed by atoms with Crippen molar-refractivity contribution < 1.29 is 4.74 Å². The Balaban J connectivity index is 1.73. The summed E-state index contributed by atoms with van der Waals surface area (Å²) >= 11 is 0. The molecular formula is C13H15N3O. The summed E-state index contributed by atoms with van der Waals surface area (Å²) in [5.74, 6) is 1.66. The number of aryl methyl sites for hydroxylation is 1. The van der Waals surface area contributed by atoms with Crippen LogP contribution in [0.1, 0.15) is 5.69 Å². The van der Waals surface area contributed by atoms with Gasteiger partial charge in [0.15, 0.2) is 0 Å². The van der Waals surface area contributed by atoms with E-state index in [1.165, 1.54) is 0 Å². The molecule has 0 unspecified atom stereocenters. The molecule has 4 heteroatoms. The van der Waals surface area contributed by atoms with Crippen molar-refractivity contribution in [1.82, 2.24) is 9.97 Å². The minimum absolute atomic E-state index is 0.585. The lowest BCUT2D eigenvalue weighted by atomic mass is 10.4. The molecule has 2 heterocycles. The van der Waals surface area contributed by atoms with Crippen LogP contribution in [-0.4, -0.2) is 23.1 Å². The van der Waals surface area contributed by atoms with Gasteiger partial charge in [-0.2, -0.15) is 0 Å². The van der Waals surface area contributed by atoms with Crippen LogP contribution in [0.25, 0.3) is 0 Å². The Labute approximate surface area is 101 Å². The second kappa shape index (κ2) is 5.84. The van der Waals surface area contributed by atoms with E-state index in [1.807, 2.05) is 37.3 Å². The monoisotopic (exact) mass is 229 g/mol.